The lowest BCUT2D eigenvalue weighted by molar-refractivity contribution is 0.102. The molecule has 0 radical (unpaired) electrons. The van der Waals surface area contributed by atoms with Crippen LogP contribution in [0.4, 0.5) is 5.13 Å². The maximum atomic E-state index is 13.2. The van der Waals surface area contributed by atoms with Gasteiger partial charge in [0.2, 0.25) is 0 Å². The van der Waals surface area contributed by atoms with Gasteiger partial charge in [0.25, 0.3) is 5.91 Å². The van der Waals surface area contributed by atoms with Gasteiger partial charge in [0, 0.05) is 22.7 Å². The Morgan fingerprint density at radius 1 is 0.806 bits per heavy atom. The minimum atomic E-state index is -0.241. The topological polar surface area (TPSA) is 59.8 Å². The highest BCUT2D eigenvalue weighted by atomic mass is 32.1. The Morgan fingerprint density at radius 3 is 2.10 bits per heavy atom. The minimum Gasteiger partial charge on any atom is -0.298 e. The van der Waals surface area contributed by atoms with Crippen LogP contribution in [0.3, 0.4) is 0 Å². The van der Waals surface area contributed by atoms with Crippen LogP contribution in [-0.4, -0.2) is 20.7 Å². The summed E-state index contributed by atoms with van der Waals surface area (Å²) in [7, 11) is 0. The predicted octanol–water partition coefficient (Wildman–Crippen LogP) is 5.92. The highest BCUT2D eigenvalue weighted by Gasteiger charge is 2.20. The number of rotatable bonds is 5. The van der Waals surface area contributed by atoms with Crippen LogP contribution in [-0.2, 0) is 0 Å². The van der Waals surface area contributed by atoms with E-state index in [0.717, 1.165) is 22.5 Å². The Kier molecular flexibility index (Phi) is 5.12. The summed E-state index contributed by atoms with van der Waals surface area (Å²) in [5, 5.41) is 10.1. The average Bonchev–Trinajstić information content (AvgIpc) is 3.49. The predicted molar refractivity (Wildman–Crippen MR) is 125 cm³/mol. The van der Waals surface area contributed by atoms with E-state index in [1.165, 1.54) is 11.3 Å². The zero-order valence-corrected chi connectivity index (χ0v) is 17.3. The van der Waals surface area contributed by atoms with Crippen LogP contribution in [0.15, 0.2) is 103 Å². The van der Waals surface area contributed by atoms with Crippen molar-refractivity contribution in [3.63, 3.8) is 0 Å². The number of carbonyl (C=O) groups is 1. The number of nitrogens with zero attached hydrogens (tertiary/aromatic N) is 3. The van der Waals surface area contributed by atoms with E-state index in [2.05, 4.69) is 10.3 Å². The highest BCUT2D eigenvalue weighted by molar-refractivity contribution is 7.14. The van der Waals surface area contributed by atoms with E-state index >= 15 is 0 Å². The van der Waals surface area contributed by atoms with Crippen LogP contribution in [0.1, 0.15) is 10.4 Å². The summed E-state index contributed by atoms with van der Waals surface area (Å²) >= 11 is 1.40. The molecule has 0 fully saturated rings. The van der Waals surface area contributed by atoms with E-state index < -0.39 is 0 Å². The summed E-state index contributed by atoms with van der Waals surface area (Å²) < 4.78 is 1.73. The fourth-order valence-corrected chi connectivity index (χ4v) is 4.01. The number of benzene rings is 3. The van der Waals surface area contributed by atoms with Crippen LogP contribution in [0.5, 0.6) is 0 Å². The molecular weight excluding hydrogens is 404 g/mol. The number of anilines is 1. The second-order valence-electron chi connectivity index (χ2n) is 6.90. The van der Waals surface area contributed by atoms with Crippen molar-refractivity contribution in [1.29, 1.82) is 0 Å². The van der Waals surface area contributed by atoms with E-state index in [-0.39, 0.29) is 5.91 Å². The SMILES string of the molecule is O=C(Nc1nc(-c2ccccc2)cs1)c1cn(-c2ccccc2)nc1-c1ccccc1. The Labute approximate surface area is 183 Å². The van der Waals surface area contributed by atoms with Crippen molar-refractivity contribution in [3.8, 4) is 28.2 Å². The second-order valence-corrected chi connectivity index (χ2v) is 7.75. The number of carbonyl (C=O) groups excluding carboxylic acids is 1. The van der Waals surface area contributed by atoms with Gasteiger partial charge in [0.1, 0.15) is 5.69 Å². The lowest BCUT2D eigenvalue weighted by Gasteiger charge is -2.02. The van der Waals surface area contributed by atoms with E-state index in [1.807, 2.05) is 96.4 Å². The Balaban J connectivity index is 1.48. The van der Waals surface area contributed by atoms with Crippen LogP contribution >= 0.6 is 11.3 Å². The van der Waals surface area contributed by atoms with Gasteiger partial charge in [-0.25, -0.2) is 9.67 Å². The molecular formula is C25H18N4OS. The third-order valence-corrected chi connectivity index (χ3v) is 5.58. The molecule has 3 aromatic carbocycles. The van der Waals surface area contributed by atoms with E-state index in [1.54, 1.807) is 10.9 Å². The number of thiazole rings is 1. The van der Waals surface area contributed by atoms with Crippen molar-refractivity contribution in [2.24, 2.45) is 0 Å². The number of amides is 1. The van der Waals surface area contributed by atoms with E-state index in [9.17, 15) is 4.79 Å². The maximum Gasteiger partial charge on any atom is 0.261 e. The summed E-state index contributed by atoms with van der Waals surface area (Å²) in [6.07, 6.45) is 1.76. The molecule has 5 nitrogen and oxygen atoms in total. The first-order valence-electron chi connectivity index (χ1n) is 9.81. The summed E-state index contributed by atoms with van der Waals surface area (Å²) in [6.45, 7) is 0. The van der Waals surface area contributed by atoms with Crippen molar-refractivity contribution in [1.82, 2.24) is 14.8 Å². The molecule has 6 heteroatoms. The molecule has 0 unspecified atom stereocenters. The quantitative estimate of drug-likeness (QED) is 0.383. The molecule has 5 rings (SSSR count). The van der Waals surface area contributed by atoms with Crippen molar-refractivity contribution in [2.75, 3.05) is 5.32 Å². The van der Waals surface area contributed by atoms with Gasteiger partial charge in [0.05, 0.1) is 16.9 Å². The van der Waals surface area contributed by atoms with Crippen LogP contribution in [0.25, 0.3) is 28.2 Å². The molecule has 5 aromatic rings. The van der Waals surface area contributed by atoms with Crippen LogP contribution < -0.4 is 5.32 Å². The third kappa shape index (κ3) is 4.01. The molecule has 150 valence electrons. The first-order chi connectivity index (χ1) is 15.3. The first kappa shape index (κ1) is 19.0. The molecule has 2 aromatic heterocycles. The Bertz CT molecular complexity index is 1310. The third-order valence-electron chi connectivity index (χ3n) is 4.82. The lowest BCUT2D eigenvalue weighted by atomic mass is 10.1. The summed E-state index contributed by atoms with van der Waals surface area (Å²) in [5.41, 5.74) is 4.74. The monoisotopic (exact) mass is 422 g/mol. The normalized spacial score (nSPS) is 10.7. The molecule has 0 saturated carbocycles. The Hall–Kier alpha value is -4.03. The summed E-state index contributed by atoms with van der Waals surface area (Å²) in [5.74, 6) is -0.241. The average molecular weight is 423 g/mol. The van der Waals surface area contributed by atoms with Crippen LogP contribution in [0, 0.1) is 0 Å². The summed E-state index contributed by atoms with van der Waals surface area (Å²) in [6, 6.07) is 29.4. The molecule has 0 spiro atoms. The highest BCUT2D eigenvalue weighted by Crippen LogP contribution is 2.27. The van der Waals surface area contributed by atoms with E-state index in [0.29, 0.717) is 16.4 Å². The van der Waals surface area contributed by atoms with Gasteiger partial charge in [0.15, 0.2) is 5.13 Å². The van der Waals surface area contributed by atoms with Gasteiger partial charge in [-0.2, -0.15) is 5.10 Å². The number of aromatic nitrogens is 3. The van der Waals surface area contributed by atoms with Gasteiger partial charge in [-0.05, 0) is 12.1 Å². The second kappa shape index (κ2) is 8.38. The number of para-hydroxylation sites is 1. The van der Waals surface area contributed by atoms with Gasteiger partial charge in [-0.15, -0.1) is 11.3 Å². The standard InChI is InChI=1S/C25H18N4OS/c30-24(27-25-26-22(17-31-25)18-10-4-1-5-11-18)21-16-29(20-14-8-3-9-15-20)28-23(21)19-12-6-2-7-13-19/h1-17H,(H,26,27,30). The molecule has 0 aliphatic heterocycles. The molecule has 1 N–H and O–H groups in total. The number of hydrogen-bond donors (Lipinski definition) is 1. The number of nitrogens with one attached hydrogen (secondary N) is 1. The van der Waals surface area contributed by atoms with Crippen molar-refractivity contribution >= 4 is 22.4 Å². The van der Waals surface area contributed by atoms with Crippen molar-refractivity contribution < 1.29 is 4.79 Å². The molecule has 0 bridgehead atoms. The van der Waals surface area contributed by atoms with Gasteiger partial charge < -0.3 is 0 Å². The first-order valence-corrected chi connectivity index (χ1v) is 10.7. The number of hydrogen-bond acceptors (Lipinski definition) is 4. The van der Waals surface area contributed by atoms with Gasteiger partial charge in [-0.1, -0.05) is 78.9 Å². The largest absolute Gasteiger partial charge is 0.298 e. The van der Waals surface area contributed by atoms with Crippen LogP contribution in [0.2, 0.25) is 0 Å². The van der Waals surface area contributed by atoms with Crippen molar-refractivity contribution in [2.45, 2.75) is 0 Å². The molecule has 0 saturated heterocycles. The summed E-state index contributed by atoms with van der Waals surface area (Å²) in [4.78, 5) is 17.8. The molecule has 0 aliphatic rings. The molecule has 2 heterocycles. The van der Waals surface area contributed by atoms with Gasteiger partial charge >= 0.3 is 0 Å². The van der Waals surface area contributed by atoms with Crippen molar-refractivity contribution in [3.05, 3.63) is 108 Å². The fourth-order valence-electron chi connectivity index (χ4n) is 3.30. The fraction of sp³-hybridized carbons (Fsp3) is 0. The lowest BCUT2D eigenvalue weighted by Crippen LogP contribution is -2.12. The maximum absolute atomic E-state index is 13.2. The smallest absolute Gasteiger partial charge is 0.261 e. The van der Waals surface area contributed by atoms with E-state index in [4.69, 9.17) is 5.10 Å². The zero-order chi connectivity index (χ0) is 21.0. The molecule has 0 aliphatic carbocycles. The Morgan fingerprint density at radius 2 is 1.42 bits per heavy atom. The molecule has 0 atom stereocenters. The molecule has 1 amide bonds. The zero-order valence-electron chi connectivity index (χ0n) is 16.5. The minimum absolute atomic E-state index is 0.241. The molecule has 31 heavy (non-hydrogen) atoms. The van der Waals surface area contributed by atoms with Gasteiger partial charge in [-0.3, -0.25) is 10.1 Å².